The molecule has 2 aromatic heterocycles. The molecule has 0 saturated heterocycles. The van der Waals surface area contributed by atoms with Gasteiger partial charge in [0.1, 0.15) is 6.54 Å². The molecule has 0 radical (unpaired) electrons. The minimum atomic E-state index is -1.06. The maximum atomic E-state index is 13.2. The molecule has 1 unspecified atom stereocenters. The summed E-state index contributed by atoms with van der Waals surface area (Å²) in [6, 6.07) is 11.5. The number of nitrogens with zero attached hydrogens (tertiary/aromatic N) is 2. The second-order valence-electron chi connectivity index (χ2n) is 8.43. The van der Waals surface area contributed by atoms with E-state index in [2.05, 4.69) is 5.32 Å². The third-order valence-electron chi connectivity index (χ3n) is 5.85. The zero-order valence-corrected chi connectivity index (χ0v) is 21.5. The van der Waals surface area contributed by atoms with Crippen LogP contribution in [0, 0.1) is 5.92 Å². The lowest BCUT2D eigenvalue weighted by Gasteiger charge is -2.28. The van der Waals surface area contributed by atoms with Gasteiger partial charge in [-0.15, -0.1) is 22.7 Å². The lowest BCUT2D eigenvalue weighted by molar-refractivity contribution is -0.142. The van der Waals surface area contributed by atoms with E-state index < -0.39 is 24.0 Å². The smallest absolute Gasteiger partial charge is 0.318 e. The van der Waals surface area contributed by atoms with Crippen molar-refractivity contribution >= 4 is 40.6 Å². The Morgan fingerprint density at radius 1 is 1.03 bits per heavy atom. The van der Waals surface area contributed by atoms with Gasteiger partial charge in [-0.3, -0.25) is 9.59 Å². The predicted octanol–water partition coefficient (Wildman–Crippen LogP) is 4.17. The topological polar surface area (TPSA) is 108 Å². The number of carbonyl (C=O) groups excluding carboxylic acids is 2. The van der Waals surface area contributed by atoms with E-state index in [4.69, 9.17) is 9.47 Å². The number of hydrogen-bond donors (Lipinski definition) is 2. The third-order valence-corrected chi connectivity index (χ3v) is 7.57. The molecule has 4 rings (SSSR count). The summed E-state index contributed by atoms with van der Waals surface area (Å²) in [6.07, 6.45) is 0. The quantitative estimate of drug-likeness (QED) is 0.408. The van der Waals surface area contributed by atoms with Crippen molar-refractivity contribution in [3.63, 3.8) is 0 Å². The van der Waals surface area contributed by atoms with Crippen LogP contribution in [0.2, 0.25) is 0 Å². The number of thiophene rings is 2. The van der Waals surface area contributed by atoms with Gasteiger partial charge in [-0.05, 0) is 47.5 Å². The molecule has 0 spiro atoms. The monoisotopic (exact) mass is 529 g/mol. The summed E-state index contributed by atoms with van der Waals surface area (Å²) in [5.74, 6) is -1.14. The molecule has 1 aliphatic heterocycles. The van der Waals surface area contributed by atoms with E-state index >= 15 is 0 Å². The van der Waals surface area contributed by atoms with Crippen LogP contribution >= 0.6 is 22.7 Å². The fraction of sp³-hybridized carbons (Fsp3) is 0.320. The van der Waals surface area contributed by atoms with Gasteiger partial charge in [0.05, 0.1) is 25.0 Å². The number of carboxylic acid groups (broad SMARTS) is 1. The van der Waals surface area contributed by atoms with Crippen molar-refractivity contribution in [2.24, 2.45) is 5.92 Å². The van der Waals surface area contributed by atoms with E-state index in [1.807, 2.05) is 35.0 Å². The van der Waals surface area contributed by atoms with Crippen molar-refractivity contribution in [3.8, 4) is 11.5 Å². The zero-order chi connectivity index (χ0) is 25.7. The van der Waals surface area contributed by atoms with Crippen molar-refractivity contribution in [3.05, 3.63) is 68.5 Å². The van der Waals surface area contributed by atoms with E-state index in [0.29, 0.717) is 30.2 Å². The molecule has 0 bridgehead atoms. The Kier molecular flexibility index (Phi) is 8.11. The standard InChI is InChI=1S/C25H27N3O6S2/c1-16(24(30)31)23(17-7-8-20-21(11-17)34-15-33-20)26-25(32)27(2)14-22(29)28(12-18-5-3-9-35-18)13-19-6-4-10-36-19/h3-11,16,23H,12-15H2,1-2H3,(H,26,32)(H,30,31)/t16?,23-/m1/s1. The van der Waals surface area contributed by atoms with Crippen LogP contribution in [0.15, 0.2) is 53.2 Å². The largest absolute Gasteiger partial charge is 0.481 e. The van der Waals surface area contributed by atoms with Crippen LogP contribution in [0.25, 0.3) is 0 Å². The number of rotatable bonds is 10. The maximum absolute atomic E-state index is 13.2. The van der Waals surface area contributed by atoms with Gasteiger partial charge in [-0.2, -0.15) is 0 Å². The van der Waals surface area contributed by atoms with Crippen LogP contribution in [0.4, 0.5) is 4.79 Å². The molecular weight excluding hydrogens is 502 g/mol. The minimum absolute atomic E-state index is 0.0859. The lowest BCUT2D eigenvalue weighted by Crippen LogP contribution is -2.46. The SMILES string of the molecule is CC(C(=O)O)[C@@H](NC(=O)N(C)CC(=O)N(Cc1cccs1)Cc1cccs1)c1ccc2c(c1)OCO2. The number of benzene rings is 1. The zero-order valence-electron chi connectivity index (χ0n) is 19.9. The highest BCUT2D eigenvalue weighted by atomic mass is 32.1. The molecule has 0 fully saturated rings. The first kappa shape index (κ1) is 25.5. The first-order chi connectivity index (χ1) is 17.3. The second-order valence-corrected chi connectivity index (χ2v) is 10.5. The van der Waals surface area contributed by atoms with Gasteiger partial charge in [0.15, 0.2) is 11.5 Å². The number of hydrogen-bond acceptors (Lipinski definition) is 7. The summed E-state index contributed by atoms with van der Waals surface area (Å²) in [4.78, 5) is 43.2. The van der Waals surface area contributed by atoms with Crippen molar-refractivity contribution in [2.45, 2.75) is 26.1 Å². The molecule has 11 heteroatoms. The van der Waals surface area contributed by atoms with Crippen LogP contribution in [0.5, 0.6) is 11.5 Å². The Balaban J connectivity index is 1.45. The molecule has 36 heavy (non-hydrogen) atoms. The fourth-order valence-electron chi connectivity index (χ4n) is 3.78. The Labute approximate surface area is 216 Å². The van der Waals surface area contributed by atoms with Crippen LogP contribution in [-0.2, 0) is 22.7 Å². The van der Waals surface area contributed by atoms with E-state index in [9.17, 15) is 19.5 Å². The highest BCUT2D eigenvalue weighted by Crippen LogP contribution is 2.36. The molecule has 190 valence electrons. The van der Waals surface area contributed by atoms with Crippen LogP contribution in [-0.4, -0.2) is 53.2 Å². The summed E-state index contributed by atoms with van der Waals surface area (Å²) < 4.78 is 10.7. The number of amides is 3. The molecule has 0 saturated carbocycles. The Bertz CT molecular complexity index is 1160. The summed E-state index contributed by atoms with van der Waals surface area (Å²) in [5.41, 5.74) is 0.569. The fourth-order valence-corrected chi connectivity index (χ4v) is 5.22. The number of nitrogens with one attached hydrogen (secondary N) is 1. The van der Waals surface area contributed by atoms with Crippen molar-refractivity contribution in [1.82, 2.24) is 15.1 Å². The molecule has 3 amide bonds. The Hall–Kier alpha value is -3.57. The lowest BCUT2D eigenvalue weighted by atomic mass is 9.94. The normalized spacial score (nSPS) is 13.6. The van der Waals surface area contributed by atoms with Crippen LogP contribution in [0.1, 0.15) is 28.3 Å². The van der Waals surface area contributed by atoms with Gasteiger partial charge in [0.2, 0.25) is 12.7 Å². The number of urea groups is 1. The summed E-state index contributed by atoms with van der Waals surface area (Å²) in [5, 5.41) is 16.3. The highest BCUT2D eigenvalue weighted by molar-refractivity contribution is 7.10. The number of carboxylic acids is 1. The number of likely N-dealkylation sites (N-methyl/N-ethyl adjacent to an activating group) is 1. The molecule has 1 aromatic carbocycles. The number of carbonyl (C=O) groups is 3. The molecule has 2 N–H and O–H groups in total. The van der Waals surface area contributed by atoms with Gasteiger partial charge in [-0.1, -0.05) is 18.2 Å². The van der Waals surface area contributed by atoms with Gasteiger partial charge in [-0.25, -0.2) is 4.79 Å². The summed E-state index contributed by atoms with van der Waals surface area (Å²) in [6.45, 7) is 2.34. The maximum Gasteiger partial charge on any atom is 0.318 e. The Morgan fingerprint density at radius 2 is 1.67 bits per heavy atom. The third kappa shape index (κ3) is 6.16. The van der Waals surface area contributed by atoms with E-state index in [1.54, 1.807) is 45.8 Å². The highest BCUT2D eigenvalue weighted by Gasteiger charge is 2.30. The molecule has 9 nitrogen and oxygen atoms in total. The molecule has 3 aromatic rings. The summed E-state index contributed by atoms with van der Waals surface area (Å²) in [7, 11) is 1.52. The van der Waals surface area contributed by atoms with Crippen molar-refractivity contribution in [2.75, 3.05) is 20.4 Å². The average Bonchev–Trinajstić information content (AvgIpc) is 3.64. The molecule has 3 heterocycles. The first-order valence-corrected chi connectivity index (χ1v) is 13.0. The van der Waals surface area contributed by atoms with Crippen LogP contribution < -0.4 is 14.8 Å². The van der Waals surface area contributed by atoms with Crippen LogP contribution in [0.3, 0.4) is 0 Å². The van der Waals surface area contributed by atoms with Gasteiger partial charge in [0, 0.05) is 16.8 Å². The average molecular weight is 530 g/mol. The predicted molar refractivity (Wildman–Crippen MR) is 136 cm³/mol. The van der Waals surface area contributed by atoms with Gasteiger partial charge >= 0.3 is 12.0 Å². The first-order valence-electron chi connectivity index (χ1n) is 11.3. The number of aliphatic carboxylic acids is 1. The van der Waals surface area contributed by atoms with E-state index in [-0.39, 0.29) is 19.2 Å². The Morgan fingerprint density at radius 3 is 2.25 bits per heavy atom. The molecule has 2 atom stereocenters. The molecule has 1 aliphatic rings. The van der Waals surface area contributed by atoms with E-state index in [0.717, 1.165) is 9.75 Å². The van der Waals surface area contributed by atoms with E-state index in [1.165, 1.54) is 18.9 Å². The molecular formula is C25H27N3O6S2. The van der Waals surface area contributed by atoms with Crippen molar-refractivity contribution < 1.29 is 29.0 Å². The number of fused-ring (bicyclic) bond motifs is 1. The summed E-state index contributed by atoms with van der Waals surface area (Å²) >= 11 is 3.14. The van der Waals surface area contributed by atoms with Gasteiger partial charge in [0.25, 0.3) is 0 Å². The second kappa shape index (κ2) is 11.4. The molecule has 0 aliphatic carbocycles. The van der Waals surface area contributed by atoms with Gasteiger partial charge < -0.3 is 29.7 Å². The van der Waals surface area contributed by atoms with Crippen molar-refractivity contribution in [1.29, 1.82) is 0 Å². The minimum Gasteiger partial charge on any atom is -0.481 e. The number of ether oxygens (including phenoxy) is 2.